The Hall–Kier alpha value is -1.86. The molecule has 0 heterocycles. The second-order valence-corrected chi connectivity index (χ2v) is 10.6. The molecule has 2 nitrogen and oxygen atoms in total. The van der Waals surface area contributed by atoms with Gasteiger partial charge in [0.15, 0.2) is 0 Å². The van der Waals surface area contributed by atoms with Crippen molar-refractivity contribution >= 4 is 38.0 Å². The third kappa shape index (κ3) is 4.83. The van der Waals surface area contributed by atoms with Crippen molar-refractivity contribution in [2.24, 2.45) is 0 Å². The van der Waals surface area contributed by atoms with Crippen molar-refractivity contribution in [3.05, 3.63) is 101 Å². The van der Waals surface area contributed by atoms with Crippen LogP contribution >= 0.6 is 0 Å². The molecule has 0 atom stereocenters. The Morgan fingerprint density at radius 2 is 1.36 bits per heavy atom. The molecule has 25 heavy (non-hydrogen) atoms. The van der Waals surface area contributed by atoms with Gasteiger partial charge in [-0.05, 0) is 0 Å². The fourth-order valence-corrected chi connectivity index (χ4v) is 7.21. The van der Waals surface area contributed by atoms with Crippen LogP contribution in [0.5, 0.6) is 0 Å². The van der Waals surface area contributed by atoms with E-state index < -0.39 is 30.8 Å². The first-order chi connectivity index (χ1) is 12.0. The summed E-state index contributed by atoms with van der Waals surface area (Å²) in [7, 11) is -3.47. The van der Waals surface area contributed by atoms with E-state index in [-0.39, 0.29) is 0 Å². The average Bonchev–Trinajstić information content (AvgIpc) is 2.63. The van der Waals surface area contributed by atoms with Crippen LogP contribution in [-0.4, -0.2) is 29.3 Å². The molecule has 3 rings (SSSR count). The maximum absolute atomic E-state index is 12.9. The van der Waals surface area contributed by atoms with E-state index in [1.54, 1.807) is 12.1 Å². The van der Waals surface area contributed by atoms with Gasteiger partial charge in [-0.1, -0.05) is 0 Å². The third-order valence-electron chi connectivity index (χ3n) is 3.64. The minimum absolute atomic E-state index is 0.340. The fraction of sp³-hybridized carbons (Fsp3) is 0.0476. The number of rotatable bonds is 5. The molecule has 4 heteroatoms. The van der Waals surface area contributed by atoms with Crippen LogP contribution in [0.2, 0.25) is 0 Å². The summed E-state index contributed by atoms with van der Waals surface area (Å²) in [4.78, 5) is 0.340. The summed E-state index contributed by atoms with van der Waals surface area (Å²) in [5, 5.41) is 1.46. The van der Waals surface area contributed by atoms with E-state index in [4.69, 9.17) is 0 Å². The Morgan fingerprint density at radius 3 is 1.96 bits per heavy atom. The van der Waals surface area contributed by atoms with Crippen molar-refractivity contribution in [2.45, 2.75) is 11.8 Å². The van der Waals surface area contributed by atoms with E-state index in [1.807, 2.05) is 67.6 Å². The predicted octanol–water partition coefficient (Wildman–Crippen LogP) is 3.80. The van der Waals surface area contributed by atoms with E-state index in [2.05, 4.69) is 12.1 Å². The van der Waals surface area contributed by atoms with Crippen LogP contribution in [0.4, 0.5) is 0 Å². The summed E-state index contributed by atoms with van der Waals surface area (Å²) in [6, 6.07) is 26.9. The SMILES string of the molecule is Cc1ccc(S(=O)(=O)/C=C(/[Te]c2ccccc2)c2ccccc2)cc1. The zero-order valence-electron chi connectivity index (χ0n) is 13.8. The van der Waals surface area contributed by atoms with Gasteiger partial charge in [-0.3, -0.25) is 0 Å². The van der Waals surface area contributed by atoms with Crippen LogP contribution in [-0.2, 0) is 9.84 Å². The summed E-state index contributed by atoms with van der Waals surface area (Å²) in [5.74, 6) is 0. The predicted molar refractivity (Wildman–Crippen MR) is 105 cm³/mol. The van der Waals surface area contributed by atoms with Gasteiger partial charge in [-0.25, -0.2) is 0 Å². The molecule has 0 saturated heterocycles. The molecule has 3 aromatic rings. The van der Waals surface area contributed by atoms with Crippen molar-refractivity contribution in [3.63, 3.8) is 0 Å². The first-order valence-corrected chi connectivity index (χ1v) is 11.7. The fourth-order valence-electron chi connectivity index (χ4n) is 2.31. The first kappa shape index (κ1) is 17.9. The quantitative estimate of drug-likeness (QED) is 0.541. The Kier molecular flexibility index (Phi) is 5.75. The van der Waals surface area contributed by atoms with Gasteiger partial charge in [0.1, 0.15) is 0 Å². The second-order valence-electron chi connectivity index (χ2n) is 5.62. The van der Waals surface area contributed by atoms with Crippen molar-refractivity contribution in [1.82, 2.24) is 0 Å². The number of benzene rings is 3. The summed E-state index contributed by atoms with van der Waals surface area (Å²) in [5.41, 5.74) is 2.02. The minimum atomic E-state index is -3.47. The maximum atomic E-state index is 12.9. The molecule has 0 amide bonds. The molecule has 0 unspecified atom stereocenters. The summed E-state index contributed by atoms with van der Waals surface area (Å²) >= 11 is -0.812. The molecule has 0 saturated carbocycles. The Morgan fingerprint density at radius 1 is 0.800 bits per heavy atom. The van der Waals surface area contributed by atoms with Crippen molar-refractivity contribution in [2.75, 3.05) is 0 Å². The van der Waals surface area contributed by atoms with Crippen LogP contribution in [0, 0.1) is 6.92 Å². The van der Waals surface area contributed by atoms with Gasteiger partial charge in [-0.2, -0.15) is 0 Å². The van der Waals surface area contributed by atoms with E-state index in [1.165, 1.54) is 9.02 Å². The van der Waals surface area contributed by atoms with E-state index in [0.29, 0.717) is 4.90 Å². The van der Waals surface area contributed by atoms with Gasteiger partial charge in [0.05, 0.1) is 0 Å². The van der Waals surface area contributed by atoms with Gasteiger partial charge >= 0.3 is 160 Å². The molecule has 0 aliphatic carbocycles. The van der Waals surface area contributed by atoms with E-state index >= 15 is 0 Å². The zero-order valence-corrected chi connectivity index (χ0v) is 16.9. The van der Waals surface area contributed by atoms with Gasteiger partial charge in [0, 0.05) is 0 Å². The Bertz CT molecular complexity index is 961. The van der Waals surface area contributed by atoms with Crippen molar-refractivity contribution < 1.29 is 8.42 Å². The van der Waals surface area contributed by atoms with Crippen molar-refractivity contribution in [3.8, 4) is 0 Å². The molecule has 0 aliphatic heterocycles. The first-order valence-electron chi connectivity index (χ1n) is 7.86. The Labute approximate surface area is 159 Å². The molecule has 0 fully saturated rings. The summed E-state index contributed by atoms with van der Waals surface area (Å²) < 4.78 is 27.8. The number of hydrogen-bond donors (Lipinski definition) is 0. The van der Waals surface area contributed by atoms with Crippen LogP contribution in [0.15, 0.2) is 95.2 Å². The van der Waals surface area contributed by atoms with Gasteiger partial charge < -0.3 is 0 Å². The second kappa shape index (κ2) is 8.01. The average molecular weight is 462 g/mol. The monoisotopic (exact) mass is 464 g/mol. The van der Waals surface area contributed by atoms with Crippen LogP contribution in [0.1, 0.15) is 11.1 Å². The number of sulfone groups is 1. The van der Waals surface area contributed by atoms with Crippen LogP contribution in [0.3, 0.4) is 0 Å². The molecule has 0 radical (unpaired) electrons. The van der Waals surface area contributed by atoms with Gasteiger partial charge in [-0.15, -0.1) is 0 Å². The van der Waals surface area contributed by atoms with E-state index in [9.17, 15) is 8.42 Å². The molecule has 0 aliphatic rings. The molecular formula is C21H18O2STe. The zero-order chi connectivity index (χ0) is 17.7. The molecule has 0 spiro atoms. The standard InChI is InChI=1S/C21H18O2STe/c1-17-12-14-19(15-13-17)24(22,23)16-21(18-8-4-2-5-9-18)25-20-10-6-3-7-11-20/h2-16H,1H3/b21-16+. The topological polar surface area (TPSA) is 34.1 Å². The van der Waals surface area contributed by atoms with Gasteiger partial charge in [0.25, 0.3) is 0 Å². The Balaban J connectivity index is 2.04. The van der Waals surface area contributed by atoms with E-state index in [0.717, 1.165) is 14.7 Å². The molecule has 0 bridgehead atoms. The van der Waals surface area contributed by atoms with Gasteiger partial charge in [0.2, 0.25) is 0 Å². The van der Waals surface area contributed by atoms with Crippen LogP contribution in [0.25, 0.3) is 3.62 Å². The molecule has 126 valence electrons. The summed E-state index contributed by atoms with van der Waals surface area (Å²) in [6.07, 6.45) is 0. The third-order valence-corrected chi connectivity index (χ3v) is 8.67. The number of hydrogen-bond acceptors (Lipinski definition) is 2. The molecule has 0 N–H and O–H groups in total. The number of aryl methyl sites for hydroxylation is 1. The van der Waals surface area contributed by atoms with Crippen molar-refractivity contribution in [1.29, 1.82) is 0 Å². The molecule has 0 aromatic heterocycles. The molecule has 3 aromatic carbocycles. The summed E-state index contributed by atoms with van der Waals surface area (Å²) in [6.45, 7) is 1.95. The van der Waals surface area contributed by atoms with Crippen LogP contribution < -0.4 is 3.61 Å². The molecular weight excluding hydrogens is 444 g/mol. The normalized spacial score (nSPS) is 12.1.